The number of carbonyl (C=O) groups excluding carboxylic acids is 2. The third kappa shape index (κ3) is 3.97. The molecule has 1 aromatic carbocycles. The molecule has 1 aromatic heterocycles. The quantitative estimate of drug-likeness (QED) is 0.696. The van der Waals surface area contributed by atoms with E-state index in [1.165, 1.54) is 11.3 Å². The van der Waals surface area contributed by atoms with E-state index >= 15 is 0 Å². The highest BCUT2D eigenvalue weighted by Gasteiger charge is 2.45. The first-order chi connectivity index (χ1) is 12.7. The van der Waals surface area contributed by atoms with Crippen molar-refractivity contribution in [3.8, 4) is 0 Å². The summed E-state index contributed by atoms with van der Waals surface area (Å²) in [4.78, 5) is 25.5. The van der Waals surface area contributed by atoms with Crippen LogP contribution in [0, 0.1) is 0 Å². The van der Waals surface area contributed by atoms with Crippen LogP contribution in [0.5, 0.6) is 0 Å². The van der Waals surface area contributed by atoms with Gasteiger partial charge >= 0.3 is 0 Å². The van der Waals surface area contributed by atoms with E-state index in [0.717, 1.165) is 36.9 Å². The molecule has 0 unspecified atom stereocenters. The third-order valence-corrected chi connectivity index (χ3v) is 5.76. The van der Waals surface area contributed by atoms with E-state index in [1.807, 2.05) is 35.7 Å². The molecule has 3 rings (SSSR count). The lowest BCUT2D eigenvalue weighted by molar-refractivity contribution is -0.129. The number of rotatable bonds is 8. The number of methoxy groups -OCH3 is 1. The number of nitrogens with one attached hydrogen (secondary N) is 2. The van der Waals surface area contributed by atoms with Gasteiger partial charge in [0.15, 0.2) is 0 Å². The van der Waals surface area contributed by atoms with Crippen LogP contribution in [0.3, 0.4) is 0 Å². The van der Waals surface area contributed by atoms with Crippen molar-refractivity contribution in [1.82, 2.24) is 5.32 Å². The van der Waals surface area contributed by atoms with Crippen LogP contribution in [-0.4, -0.2) is 32.1 Å². The monoisotopic (exact) mass is 372 g/mol. The van der Waals surface area contributed by atoms with Gasteiger partial charge in [0.05, 0.1) is 10.3 Å². The summed E-state index contributed by atoms with van der Waals surface area (Å²) in [5.74, 6) is -0.0165. The lowest BCUT2D eigenvalue weighted by Gasteiger charge is -2.40. The number of hydrogen-bond donors (Lipinski definition) is 2. The molecule has 1 saturated carbocycles. The summed E-state index contributed by atoms with van der Waals surface area (Å²) in [5.41, 5.74) is 1.33. The van der Waals surface area contributed by atoms with Crippen LogP contribution >= 0.6 is 11.3 Å². The topological polar surface area (TPSA) is 67.4 Å². The first kappa shape index (κ1) is 18.6. The number of benzene rings is 1. The predicted molar refractivity (Wildman–Crippen MR) is 104 cm³/mol. The van der Waals surface area contributed by atoms with E-state index in [-0.39, 0.29) is 11.8 Å². The Morgan fingerprint density at radius 3 is 2.54 bits per heavy atom. The molecule has 2 aromatic rings. The second kappa shape index (κ2) is 8.47. The highest BCUT2D eigenvalue weighted by molar-refractivity contribution is 7.12. The minimum Gasteiger partial charge on any atom is -0.385 e. The Kier molecular flexibility index (Phi) is 6.06. The second-order valence-corrected chi connectivity index (χ2v) is 7.49. The van der Waals surface area contributed by atoms with E-state index in [4.69, 9.17) is 4.74 Å². The summed E-state index contributed by atoms with van der Waals surface area (Å²) >= 11 is 1.41. The molecular formula is C20H24N2O3S. The Morgan fingerprint density at radius 2 is 1.96 bits per heavy atom. The van der Waals surface area contributed by atoms with Gasteiger partial charge in [-0.1, -0.05) is 24.6 Å². The maximum Gasteiger partial charge on any atom is 0.265 e. The molecule has 0 spiro atoms. The Hall–Kier alpha value is -2.18. The van der Waals surface area contributed by atoms with Crippen LogP contribution in [0.4, 0.5) is 5.69 Å². The highest BCUT2D eigenvalue weighted by atomic mass is 32.1. The fourth-order valence-corrected chi connectivity index (χ4v) is 3.86. The molecule has 26 heavy (non-hydrogen) atoms. The predicted octanol–water partition coefficient (Wildman–Crippen LogP) is 3.57. The highest BCUT2D eigenvalue weighted by Crippen LogP contribution is 2.44. The van der Waals surface area contributed by atoms with Gasteiger partial charge in [-0.15, -0.1) is 11.3 Å². The molecule has 138 valence electrons. The number of thiophene rings is 1. The Morgan fingerprint density at radius 1 is 1.19 bits per heavy atom. The van der Waals surface area contributed by atoms with Gasteiger partial charge in [-0.2, -0.15) is 0 Å². The largest absolute Gasteiger partial charge is 0.385 e. The van der Waals surface area contributed by atoms with E-state index in [0.29, 0.717) is 18.0 Å². The normalized spacial score (nSPS) is 15.1. The Bertz CT molecular complexity index is 737. The lowest BCUT2D eigenvalue weighted by atomic mass is 9.64. The SMILES string of the molecule is COCCCNC(=O)C1(c2ccc(NC(=O)c3cccs3)cc2)CCC1. The molecule has 1 aliphatic rings. The van der Waals surface area contributed by atoms with Crippen LogP contribution in [-0.2, 0) is 14.9 Å². The van der Waals surface area contributed by atoms with Gasteiger partial charge < -0.3 is 15.4 Å². The van der Waals surface area contributed by atoms with Crippen LogP contribution in [0.1, 0.15) is 40.9 Å². The molecule has 0 saturated heterocycles. The third-order valence-electron chi connectivity index (χ3n) is 4.89. The molecule has 6 heteroatoms. The zero-order valence-electron chi connectivity index (χ0n) is 14.9. The summed E-state index contributed by atoms with van der Waals surface area (Å²) in [6.45, 7) is 1.27. The van der Waals surface area contributed by atoms with E-state index < -0.39 is 5.41 Å². The zero-order chi connectivity index (χ0) is 18.4. The van der Waals surface area contributed by atoms with Crippen molar-refractivity contribution in [3.05, 3.63) is 52.2 Å². The molecule has 2 N–H and O–H groups in total. The van der Waals surface area contributed by atoms with Crippen LogP contribution in [0.15, 0.2) is 41.8 Å². The molecule has 0 atom stereocenters. The van der Waals surface area contributed by atoms with Crippen LogP contribution < -0.4 is 10.6 Å². The van der Waals surface area contributed by atoms with Gasteiger partial charge in [0, 0.05) is 25.9 Å². The molecule has 0 radical (unpaired) electrons. The summed E-state index contributed by atoms with van der Waals surface area (Å²) < 4.78 is 5.02. The molecule has 1 fully saturated rings. The zero-order valence-corrected chi connectivity index (χ0v) is 15.7. The smallest absolute Gasteiger partial charge is 0.265 e. The fourth-order valence-electron chi connectivity index (χ4n) is 3.24. The van der Waals surface area contributed by atoms with E-state index in [1.54, 1.807) is 13.2 Å². The van der Waals surface area contributed by atoms with Crippen molar-refractivity contribution in [2.45, 2.75) is 31.1 Å². The fraction of sp³-hybridized carbons (Fsp3) is 0.400. The number of ether oxygens (including phenoxy) is 1. The average molecular weight is 372 g/mol. The van der Waals surface area contributed by atoms with Gasteiger partial charge in [0.2, 0.25) is 5.91 Å². The summed E-state index contributed by atoms with van der Waals surface area (Å²) in [7, 11) is 1.66. The standard InChI is InChI=1S/C20H24N2O3S/c1-25-13-4-12-21-19(24)20(10-3-11-20)15-6-8-16(9-7-15)22-18(23)17-5-2-14-26-17/h2,5-9,14H,3-4,10-13H2,1H3,(H,21,24)(H,22,23). The molecule has 0 bridgehead atoms. The average Bonchev–Trinajstić information content (AvgIpc) is 3.14. The summed E-state index contributed by atoms with van der Waals surface area (Å²) in [5, 5.41) is 7.81. The number of anilines is 1. The Balaban J connectivity index is 1.64. The molecule has 1 heterocycles. The van der Waals surface area contributed by atoms with Crippen molar-refractivity contribution >= 4 is 28.8 Å². The van der Waals surface area contributed by atoms with Crippen molar-refractivity contribution < 1.29 is 14.3 Å². The molecule has 1 aliphatic carbocycles. The minimum atomic E-state index is -0.427. The van der Waals surface area contributed by atoms with Crippen LogP contribution in [0.25, 0.3) is 0 Å². The first-order valence-electron chi connectivity index (χ1n) is 8.88. The van der Waals surface area contributed by atoms with Crippen LogP contribution in [0.2, 0.25) is 0 Å². The van der Waals surface area contributed by atoms with Gasteiger partial charge in [0.25, 0.3) is 5.91 Å². The molecular weight excluding hydrogens is 348 g/mol. The minimum absolute atomic E-state index is 0.0928. The molecule has 5 nitrogen and oxygen atoms in total. The van der Waals surface area contributed by atoms with E-state index in [2.05, 4.69) is 10.6 Å². The van der Waals surface area contributed by atoms with Gasteiger partial charge in [-0.05, 0) is 48.4 Å². The summed E-state index contributed by atoms with van der Waals surface area (Å²) in [6, 6.07) is 11.3. The maximum absolute atomic E-state index is 12.7. The molecule has 2 amide bonds. The lowest BCUT2D eigenvalue weighted by Crippen LogP contribution is -2.49. The first-order valence-corrected chi connectivity index (χ1v) is 9.76. The van der Waals surface area contributed by atoms with E-state index in [9.17, 15) is 9.59 Å². The van der Waals surface area contributed by atoms with Gasteiger partial charge in [-0.3, -0.25) is 9.59 Å². The van der Waals surface area contributed by atoms with Crippen molar-refractivity contribution in [1.29, 1.82) is 0 Å². The van der Waals surface area contributed by atoms with Gasteiger partial charge in [0.1, 0.15) is 0 Å². The maximum atomic E-state index is 12.7. The number of amides is 2. The molecule has 0 aliphatic heterocycles. The van der Waals surface area contributed by atoms with Crippen molar-refractivity contribution in [3.63, 3.8) is 0 Å². The number of hydrogen-bond acceptors (Lipinski definition) is 4. The van der Waals surface area contributed by atoms with Crippen molar-refractivity contribution in [2.75, 3.05) is 25.6 Å². The Labute approximate surface area is 157 Å². The number of carbonyl (C=O) groups is 2. The second-order valence-electron chi connectivity index (χ2n) is 6.55. The van der Waals surface area contributed by atoms with Gasteiger partial charge in [-0.25, -0.2) is 0 Å². The summed E-state index contributed by atoms with van der Waals surface area (Å²) in [6.07, 6.45) is 3.60. The van der Waals surface area contributed by atoms with Crippen molar-refractivity contribution in [2.24, 2.45) is 0 Å².